The SMILES string of the molecule is c1c2c(nn1C1CC1)CCNC1OC21. The number of aromatic nitrogens is 2. The van der Waals surface area contributed by atoms with Gasteiger partial charge in [-0.05, 0) is 12.8 Å². The summed E-state index contributed by atoms with van der Waals surface area (Å²) in [6.07, 6.45) is 6.41. The summed E-state index contributed by atoms with van der Waals surface area (Å²) in [6, 6.07) is 0.687. The van der Waals surface area contributed by atoms with Gasteiger partial charge in [-0.2, -0.15) is 5.10 Å². The quantitative estimate of drug-likeness (QED) is 0.666. The normalized spacial score (nSPS) is 34.6. The van der Waals surface area contributed by atoms with Crippen LogP contribution < -0.4 is 5.32 Å². The van der Waals surface area contributed by atoms with Crippen LogP contribution in [0.25, 0.3) is 0 Å². The summed E-state index contributed by atoms with van der Waals surface area (Å²) in [5.74, 6) is 0. The second-order valence-electron chi connectivity index (χ2n) is 4.42. The Morgan fingerprint density at radius 2 is 2.43 bits per heavy atom. The van der Waals surface area contributed by atoms with Gasteiger partial charge in [0.15, 0.2) is 0 Å². The van der Waals surface area contributed by atoms with Crippen LogP contribution in [0.15, 0.2) is 6.20 Å². The van der Waals surface area contributed by atoms with Crippen molar-refractivity contribution in [3.8, 4) is 0 Å². The van der Waals surface area contributed by atoms with Crippen molar-refractivity contribution in [3.63, 3.8) is 0 Å². The molecule has 0 amide bonds. The number of epoxide rings is 1. The van der Waals surface area contributed by atoms with Crippen molar-refractivity contribution >= 4 is 0 Å². The van der Waals surface area contributed by atoms with Gasteiger partial charge in [-0.25, -0.2) is 0 Å². The predicted molar refractivity (Wildman–Crippen MR) is 49.8 cm³/mol. The number of nitrogens with one attached hydrogen (secondary N) is 1. The predicted octanol–water partition coefficient (Wildman–Crippen LogP) is 0.761. The molecular weight excluding hydrogens is 178 g/mol. The van der Waals surface area contributed by atoms with Gasteiger partial charge in [-0.3, -0.25) is 10.00 Å². The first-order chi connectivity index (χ1) is 6.92. The summed E-state index contributed by atoms with van der Waals surface area (Å²) in [5.41, 5.74) is 2.57. The average molecular weight is 191 g/mol. The van der Waals surface area contributed by atoms with E-state index >= 15 is 0 Å². The molecule has 0 aromatic carbocycles. The van der Waals surface area contributed by atoms with Crippen LogP contribution >= 0.6 is 0 Å². The largest absolute Gasteiger partial charge is 0.348 e. The summed E-state index contributed by atoms with van der Waals surface area (Å²) in [7, 11) is 0. The smallest absolute Gasteiger partial charge is 0.140 e. The third kappa shape index (κ3) is 0.980. The van der Waals surface area contributed by atoms with Crippen LogP contribution in [0.1, 0.15) is 36.2 Å². The highest BCUT2D eigenvalue weighted by molar-refractivity contribution is 5.27. The molecule has 14 heavy (non-hydrogen) atoms. The molecule has 0 spiro atoms. The van der Waals surface area contributed by atoms with Gasteiger partial charge in [0.05, 0.1) is 11.7 Å². The van der Waals surface area contributed by atoms with Gasteiger partial charge < -0.3 is 4.74 Å². The number of nitrogens with zero attached hydrogens (tertiary/aromatic N) is 2. The fourth-order valence-electron chi connectivity index (χ4n) is 2.24. The molecule has 3 heterocycles. The summed E-state index contributed by atoms with van der Waals surface area (Å²) < 4.78 is 7.68. The Labute approximate surface area is 82.2 Å². The second-order valence-corrected chi connectivity index (χ2v) is 4.42. The minimum absolute atomic E-state index is 0.271. The van der Waals surface area contributed by atoms with Crippen LogP contribution in [0, 0.1) is 0 Å². The fraction of sp³-hybridized carbons (Fsp3) is 0.700. The van der Waals surface area contributed by atoms with Crippen molar-refractivity contribution in [2.45, 2.75) is 37.6 Å². The van der Waals surface area contributed by atoms with Gasteiger partial charge in [-0.15, -0.1) is 0 Å². The third-order valence-corrected chi connectivity index (χ3v) is 3.27. The molecule has 1 aliphatic carbocycles. The molecule has 2 aliphatic heterocycles. The van der Waals surface area contributed by atoms with Gasteiger partial charge >= 0.3 is 0 Å². The summed E-state index contributed by atoms with van der Waals surface area (Å²) in [6.45, 7) is 0.996. The van der Waals surface area contributed by atoms with Gasteiger partial charge in [0, 0.05) is 24.7 Å². The fourth-order valence-corrected chi connectivity index (χ4v) is 2.24. The number of hydrogen-bond acceptors (Lipinski definition) is 3. The lowest BCUT2D eigenvalue weighted by Crippen LogP contribution is -2.19. The average Bonchev–Trinajstić information content (AvgIpc) is 3.05. The van der Waals surface area contributed by atoms with Gasteiger partial charge in [0.25, 0.3) is 0 Å². The van der Waals surface area contributed by atoms with Crippen LogP contribution in [-0.2, 0) is 11.2 Å². The maximum absolute atomic E-state index is 5.53. The highest BCUT2D eigenvalue weighted by atomic mass is 16.6. The molecule has 1 aromatic heterocycles. The highest BCUT2D eigenvalue weighted by Gasteiger charge is 2.44. The van der Waals surface area contributed by atoms with E-state index in [-0.39, 0.29) is 6.23 Å². The topological polar surface area (TPSA) is 42.4 Å². The number of fused-ring (bicyclic) bond motifs is 3. The minimum Gasteiger partial charge on any atom is -0.348 e. The molecule has 1 saturated carbocycles. The molecule has 0 radical (unpaired) electrons. The first-order valence-electron chi connectivity index (χ1n) is 5.38. The number of ether oxygens (including phenoxy) is 1. The zero-order chi connectivity index (χ0) is 9.12. The van der Waals surface area contributed by atoms with Crippen molar-refractivity contribution < 1.29 is 4.74 Å². The zero-order valence-electron chi connectivity index (χ0n) is 7.94. The molecule has 1 saturated heterocycles. The summed E-state index contributed by atoms with van der Waals surface area (Å²) in [4.78, 5) is 0. The third-order valence-electron chi connectivity index (χ3n) is 3.27. The second kappa shape index (κ2) is 2.38. The van der Waals surface area contributed by atoms with Gasteiger partial charge in [0.2, 0.25) is 0 Å². The van der Waals surface area contributed by atoms with Gasteiger partial charge in [0.1, 0.15) is 12.3 Å². The van der Waals surface area contributed by atoms with E-state index in [9.17, 15) is 0 Å². The van der Waals surface area contributed by atoms with Crippen LogP contribution in [0.5, 0.6) is 0 Å². The van der Waals surface area contributed by atoms with E-state index < -0.39 is 0 Å². The summed E-state index contributed by atoms with van der Waals surface area (Å²) >= 11 is 0. The van der Waals surface area contributed by atoms with E-state index in [0.717, 1.165) is 13.0 Å². The highest BCUT2D eigenvalue weighted by Crippen LogP contribution is 2.42. The monoisotopic (exact) mass is 191 g/mol. The molecule has 1 aromatic rings. The van der Waals surface area contributed by atoms with E-state index in [1.54, 1.807) is 0 Å². The molecular formula is C10H13N3O. The molecule has 2 atom stereocenters. The standard InChI is InChI=1S/C10H13N3O/c1-2-6(1)13-5-7-8(12-13)3-4-11-10-9(7)14-10/h5-6,9-11H,1-4H2. The molecule has 4 heteroatoms. The lowest BCUT2D eigenvalue weighted by atomic mass is 10.1. The molecule has 2 unspecified atom stereocenters. The van der Waals surface area contributed by atoms with Crippen molar-refractivity contribution in [1.29, 1.82) is 0 Å². The Bertz CT molecular complexity index is 383. The first-order valence-corrected chi connectivity index (χ1v) is 5.38. The molecule has 2 fully saturated rings. The van der Waals surface area contributed by atoms with Crippen LogP contribution in [-0.4, -0.2) is 22.6 Å². The van der Waals surface area contributed by atoms with Crippen molar-refractivity contribution in [2.75, 3.05) is 6.54 Å². The zero-order valence-corrected chi connectivity index (χ0v) is 7.94. The van der Waals surface area contributed by atoms with E-state index in [0.29, 0.717) is 12.1 Å². The molecule has 74 valence electrons. The lowest BCUT2D eigenvalue weighted by Gasteiger charge is -1.97. The van der Waals surface area contributed by atoms with E-state index in [1.165, 1.54) is 24.1 Å². The van der Waals surface area contributed by atoms with Crippen molar-refractivity contribution in [2.24, 2.45) is 0 Å². The Hall–Kier alpha value is -0.870. The van der Waals surface area contributed by atoms with Crippen molar-refractivity contribution in [3.05, 3.63) is 17.5 Å². The Morgan fingerprint density at radius 1 is 1.50 bits per heavy atom. The van der Waals surface area contributed by atoms with E-state index in [2.05, 4.69) is 21.3 Å². The molecule has 4 nitrogen and oxygen atoms in total. The Morgan fingerprint density at radius 3 is 3.29 bits per heavy atom. The Kier molecular flexibility index (Phi) is 1.26. The number of rotatable bonds is 1. The van der Waals surface area contributed by atoms with E-state index in [4.69, 9.17) is 4.74 Å². The lowest BCUT2D eigenvalue weighted by molar-refractivity contribution is 0.342. The minimum atomic E-state index is 0.271. The molecule has 0 bridgehead atoms. The maximum atomic E-state index is 5.53. The maximum Gasteiger partial charge on any atom is 0.140 e. The van der Waals surface area contributed by atoms with Crippen LogP contribution in [0.4, 0.5) is 0 Å². The Balaban J connectivity index is 1.76. The van der Waals surface area contributed by atoms with Crippen LogP contribution in [0.3, 0.4) is 0 Å². The molecule has 3 aliphatic rings. The first kappa shape index (κ1) is 7.43. The van der Waals surface area contributed by atoms with E-state index in [1.807, 2.05) is 0 Å². The van der Waals surface area contributed by atoms with Crippen molar-refractivity contribution in [1.82, 2.24) is 15.1 Å². The number of hydrogen-bond donors (Lipinski definition) is 1. The molecule has 4 rings (SSSR count). The van der Waals surface area contributed by atoms with Gasteiger partial charge in [-0.1, -0.05) is 0 Å². The molecule has 1 N–H and O–H groups in total. The van der Waals surface area contributed by atoms with Crippen LogP contribution in [0.2, 0.25) is 0 Å². The summed E-state index contributed by atoms with van der Waals surface area (Å²) in [5, 5.41) is 7.99.